The van der Waals surface area contributed by atoms with Crippen LogP contribution in [0.3, 0.4) is 0 Å². The van der Waals surface area contributed by atoms with Gasteiger partial charge in [-0.3, -0.25) is 14.2 Å². The number of carboxylic acid groups (broad SMARTS) is 1. The Balaban J connectivity index is 0.000000858. The Hall–Kier alpha value is -3.52. The number of hydrogen-bond donors (Lipinski definition) is 1. The van der Waals surface area contributed by atoms with E-state index in [4.69, 9.17) is 9.90 Å². The fourth-order valence-corrected chi connectivity index (χ4v) is 3.84. The molecule has 1 unspecified atom stereocenters. The van der Waals surface area contributed by atoms with E-state index in [1.54, 1.807) is 12.7 Å². The van der Waals surface area contributed by atoms with Crippen LogP contribution in [0, 0.1) is 0 Å². The van der Waals surface area contributed by atoms with Gasteiger partial charge < -0.3 is 14.9 Å². The summed E-state index contributed by atoms with van der Waals surface area (Å²) in [6.07, 6.45) is 5.34. The number of aromatic nitrogens is 3. The molecular weight excluding hydrogens is 394 g/mol. The highest BCUT2D eigenvalue weighted by atomic mass is 16.3. The van der Waals surface area contributed by atoms with Crippen LogP contribution in [-0.4, -0.2) is 62.7 Å². The summed E-state index contributed by atoms with van der Waals surface area (Å²) in [6, 6.07) is 16.5. The molecule has 1 fully saturated rings. The number of carbonyl (C=O) groups is 2. The molecule has 1 aliphatic rings. The van der Waals surface area contributed by atoms with Crippen LogP contribution in [0.25, 0.3) is 5.69 Å². The maximum atomic E-state index is 13.1. The molecule has 0 radical (unpaired) electrons. The molecule has 1 aliphatic heterocycles. The molecule has 1 amide bonds. The van der Waals surface area contributed by atoms with Crippen LogP contribution in [0.4, 0.5) is 0 Å². The van der Waals surface area contributed by atoms with E-state index in [2.05, 4.69) is 53.5 Å². The Morgan fingerprint density at radius 2 is 1.71 bits per heavy atom. The van der Waals surface area contributed by atoms with Gasteiger partial charge in [-0.25, -0.2) is 0 Å². The lowest BCUT2D eigenvalue weighted by molar-refractivity contribution is -0.122. The Morgan fingerprint density at radius 1 is 1.10 bits per heavy atom. The molecule has 0 saturated carbocycles. The molecule has 0 spiro atoms. The molecule has 8 heteroatoms. The summed E-state index contributed by atoms with van der Waals surface area (Å²) in [7, 11) is 4.14. The summed E-state index contributed by atoms with van der Waals surface area (Å²) in [5, 5.41) is 14.5. The fraction of sp³-hybridized carbons (Fsp3) is 0.304. The molecule has 2 heterocycles. The van der Waals surface area contributed by atoms with Gasteiger partial charge in [-0.05, 0) is 62.3 Å². The van der Waals surface area contributed by atoms with Crippen LogP contribution in [0.5, 0.6) is 0 Å². The topological polar surface area (TPSA) is 91.6 Å². The van der Waals surface area contributed by atoms with Gasteiger partial charge in [0.05, 0.1) is 6.04 Å². The van der Waals surface area contributed by atoms with E-state index in [1.165, 1.54) is 11.1 Å². The Bertz CT molecular complexity index is 969. The van der Waals surface area contributed by atoms with E-state index in [0.29, 0.717) is 5.56 Å². The van der Waals surface area contributed by atoms with E-state index < -0.39 is 0 Å². The largest absolute Gasteiger partial charge is 0.483 e. The van der Waals surface area contributed by atoms with E-state index in [9.17, 15) is 4.79 Å². The molecule has 1 aromatic heterocycles. The van der Waals surface area contributed by atoms with Gasteiger partial charge in [0.1, 0.15) is 12.7 Å². The van der Waals surface area contributed by atoms with Gasteiger partial charge in [0.2, 0.25) is 0 Å². The number of rotatable bonds is 5. The van der Waals surface area contributed by atoms with Crippen LogP contribution in [-0.2, 0) is 11.3 Å². The Kier molecular flexibility index (Phi) is 7.50. The van der Waals surface area contributed by atoms with Crippen molar-refractivity contribution in [3.8, 4) is 5.69 Å². The van der Waals surface area contributed by atoms with Crippen molar-refractivity contribution in [2.45, 2.75) is 25.4 Å². The first-order valence-electron chi connectivity index (χ1n) is 10.1. The average Bonchev–Trinajstić information content (AvgIpc) is 3.47. The lowest BCUT2D eigenvalue weighted by atomic mass is 10.0. The third kappa shape index (κ3) is 5.55. The third-order valence-electron chi connectivity index (χ3n) is 5.21. The minimum atomic E-state index is -0.250. The van der Waals surface area contributed by atoms with E-state index in [-0.39, 0.29) is 18.4 Å². The molecule has 1 atom stereocenters. The quantitative estimate of drug-likeness (QED) is 0.637. The maximum Gasteiger partial charge on any atom is 0.290 e. The van der Waals surface area contributed by atoms with Crippen molar-refractivity contribution in [3.05, 3.63) is 77.9 Å². The lowest BCUT2D eigenvalue weighted by Gasteiger charge is -2.25. The average molecular weight is 422 g/mol. The molecule has 1 N–H and O–H groups in total. The Morgan fingerprint density at radius 3 is 2.29 bits per heavy atom. The molecule has 0 bridgehead atoms. The zero-order valence-electron chi connectivity index (χ0n) is 17.8. The molecule has 0 aliphatic carbocycles. The van der Waals surface area contributed by atoms with Gasteiger partial charge in [0.15, 0.2) is 0 Å². The standard InChI is InChI=1S/C22H25N5O.CH2O2/c1-25(2)14-17-5-7-18(8-6-17)21-4-3-13-27(21)22(28)19-9-11-20(12-10-19)26-15-23-24-16-26;2-1-3/h5-12,15-16,21H,3-4,13-14H2,1-2H3;1H,(H,2,3). The van der Waals surface area contributed by atoms with Crippen molar-refractivity contribution in [1.82, 2.24) is 24.6 Å². The van der Waals surface area contributed by atoms with Crippen molar-refractivity contribution in [1.29, 1.82) is 0 Å². The zero-order valence-corrected chi connectivity index (χ0v) is 17.8. The molecule has 162 valence electrons. The van der Waals surface area contributed by atoms with E-state index in [0.717, 1.165) is 31.6 Å². The predicted octanol–water partition coefficient (Wildman–Crippen LogP) is 3.01. The molecule has 2 aromatic carbocycles. The highest BCUT2D eigenvalue weighted by molar-refractivity contribution is 5.94. The normalized spacial score (nSPS) is 15.5. The summed E-state index contributed by atoms with van der Waals surface area (Å²) in [6.45, 7) is 1.47. The maximum absolute atomic E-state index is 13.1. The zero-order chi connectivity index (χ0) is 22.2. The van der Waals surface area contributed by atoms with Gasteiger partial charge >= 0.3 is 0 Å². The lowest BCUT2D eigenvalue weighted by Crippen LogP contribution is -2.30. The van der Waals surface area contributed by atoms with Gasteiger partial charge in [0.25, 0.3) is 12.4 Å². The summed E-state index contributed by atoms with van der Waals surface area (Å²) in [5.74, 6) is 0.0928. The van der Waals surface area contributed by atoms with Crippen molar-refractivity contribution >= 4 is 12.4 Å². The number of carbonyl (C=O) groups excluding carboxylic acids is 1. The van der Waals surface area contributed by atoms with Crippen LogP contribution in [0.15, 0.2) is 61.2 Å². The molecular formula is C23H27N5O3. The van der Waals surface area contributed by atoms with E-state index >= 15 is 0 Å². The number of nitrogens with zero attached hydrogens (tertiary/aromatic N) is 5. The first-order valence-corrected chi connectivity index (χ1v) is 10.1. The highest BCUT2D eigenvalue weighted by Crippen LogP contribution is 2.33. The molecule has 31 heavy (non-hydrogen) atoms. The second kappa shape index (κ2) is 10.5. The second-order valence-corrected chi connectivity index (χ2v) is 7.66. The monoisotopic (exact) mass is 421 g/mol. The summed E-state index contributed by atoms with van der Waals surface area (Å²) >= 11 is 0. The number of benzene rings is 2. The van der Waals surface area contributed by atoms with E-state index in [1.807, 2.05) is 33.7 Å². The van der Waals surface area contributed by atoms with Gasteiger partial charge in [0, 0.05) is 24.3 Å². The summed E-state index contributed by atoms with van der Waals surface area (Å²) < 4.78 is 1.82. The first kappa shape index (κ1) is 22.2. The van der Waals surface area contributed by atoms with Gasteiger partial charge in [-0.2, -0.15) is 0 Å². The van der Waals surface area contributed by atoms with Crippen molar-refractivity contribution < 1.29 is 14.7 Å². The van der Waals surface area contributed by atoms with Crippen LogP contribution < -0.4 is 0 Å². The number of hydrogen-bond acceptors (Lipinski definition) is 5. The molecule has 4 rings (SSSR count). The number of likely N-dealkylation sites (tertiary alicyclic amines) is 1. The minimum Gasteiger partial charge on any atom is -0.483 e. The van der Waals surface area contributed by atoms with Crippen LogP contribution in [0.2, 0.25) is 0 Å². The summed E-state index contributed by atoms with van der Waals surface area (Å²) in [4.78, 5) is 25.7. The molecule has 8 nitrogen and oxygen atoms in total. The Labute approximate surface area is 181 Å². The predicted molar refractivity (Wildman–Crippen MR) is 117 cm³/mol. The smallest absolute Gasteiger partial charge is 0.290 e. The van der Waals surface area contributed by atoms with Crippen molar-refractivity contribution in [3.63, 3.8) is 0 Å². The van der Waals surface area contributed by atoms with Gasteiger partial charge in [-0.1, -0.05) is 24.3 Å². The molecule has 3 aromatic rings. The van der Waals surface area contributed by atoms with Crippen LogP contribution in [0.1, 0.15) is 40.4 Å². The third-order valence-corrected chi connectivity index (χ3v) is 5.21. The minimum absolute atomic E-state index is 0.0928. The van der Waals surface area contributed by atoms with Crippen LogP contribution >= 0.6 is 0 Å². The summed E-state index contributed by atoms with van der Waals surface area (Å²) in [5.41, 5.74) is 4.16. The SMILES string of the molecule is CN(C)Cc1ccc(C2CCCN2C(=O)c2ccc(-n3cnnc3)cc2)cc1.O=CO. The first-order chi connectivity index (χ1) is 15.0. The molecule has 1 saturated heterocycles. The number of amides is 1. The fourth-order valence-electron chi connectivity index (χ4n) is 3.84. The van der Waals surface area contributed by atoms with Gasteiger partial charge in [-0.15, -0.1) is 10.2 Å². The van der Waals surface area contributed by atoms with Crippen molar-refractivity contribution in [2.24, 2.45) is 0 Å². The highest BCUT2D eigenvalue weighted by Gasteiger charge is 2.30. The van der Waals surface area contributed by atoms with Crippen molar-refractivity contribution in [2.75, 3.05) is 20.6 Å². The second-order valence-electron chi connectivity index (χ2n) is 7.66.